The molecule has 0 amide bonds. The number of hydrogen-bond acceptors (Lipinski definition) is 4. The summed E-state index contributed by atoms with van der Waals surface area (Å²) in [6.07, 6.45) is 1.83. The second-order valence-corrected chi connectivity index (χ2v) is 6.03. The lowest BCUT2D eigenvalue weighted by Crippen LogP contribution is -2.13. The van der Waals surface area contributed by atoms with Gasteiger partial charge in [-0.1, -0.05) is 36.4 Å². The van der Waals surface area contributed by atoms with Gasteiger partial charge in [-0.25, -0.2) is 13.9 Å². The van der Waals surface area contributed by atoms with Crippen molar-refractivity contribution < 1.29 is 4.39 Å². The summed E-state index contributed by atoms with van der Waals surface area (Å²) in [6.45, 7) is 0. The third-order valence-electron chi connectivity index (χ3n) is 4.57. The number of nitrogens with zero attached hydrogens (tertiary/aromatic N) is 3. The van der Waals surface area contributed by atoms with Crippen LogP contribution in [0.5, 0.6) is 0 Å². The van der Waals surface area contributed by atoms with Crippen molar-refractivity contribution in [2.24, 2.45) is 0 Å². The number of nitrogen functional groups attached to an aromatic ring is 1. The lowest BCUT2D eigenvalue weighted by Gasteiger charge is -2.19. The predicted molar refractivity (Wildman–Crippen MR) is 94.7 cm³/mol. The molecule has 0 bridgehead atoms. The molecule has 1 unspecified atom stereocenters. The molecule has 25 heavy (non-hydrogen) atoms. The molecule has 0 saturated heterocycles. The van der Waals surface area contributed by atoms with Crippen molar-refractivity contribution >= 4 is 17.2 Å². The number of fused-ring (bicyclic) bond motifs is 2. The number of anilines is 2. The summed E-state index contributed by atoms with van der Waals surface area (Å²) in [4.78, 5) is 4.47. The standard InChI is InChI=1S/C19H14FN5/c20-14-7-3-1-5-11(14)16-13-9-10-25-18(13)17(23-19(21)24-25)12-6-2-4-8-15(12)22-16/h1-10,16,22H,(H2,21,24). The number of rotatable bonds is 1. The zero-order valence-electron chi connectivity index (χ0n) is 13.1. The van der Waals surface area contributed by atoms with Crippen LogP contribution < -0.4 is 11.1 Å². The van der Waals surface area contributed by atoms with E-state index in [0.29, 0.717) is 5.56 Å². The highest BCUT2D eigenvalue weighted by Gasteiger charge is 2.28. The van der Waals surface area contributed by atoms with Crippen molar-refractivity contribution in [3.63, 3.8) is 0 Å². The number of nitrogens with two attached hydrogens (primary N) is 1. The Morgan fingerprint density at radius 2 is 1.80 bits per heavy atom. The largest absolute Gasteiger partial charge is 0.373 e. The second kappa shape index (κ2) is 5.04. The maximum absolute atomic E-state index is 14.5. The lowest BCUT2D eigenvalue weighted by molar-refractivity contribution is 0.605. The molecule has 0 radical (unpaired) electrons. The van der Waals surface area contributed by atoms with Gasteiger partial charge >= 0.3 is 0 Å². The average Bonchev–Trinajstić information content (AvgIpc) is 2.97. The minimum absolute atomic E-state index is 0.198. The van der Waals surface area contributed by atoms with Crippen molar-refractivity contribution in [1.82, 2.24) is 14.6 Å². The maximum Gasteiger partial charge on any atom is 0.238 e. The molecule has 5 nitrogen and oxygen atoms in total. The first-order valence-electron chi connectivity index (χ1n) is 7.97. The van der Waals surface area contributed by atoms with Crippen LogP contribution in [0.15, 0.2) is 60.8 Å². The average molecular weight is 331 g/mol. The van der Waals surface area contributed by atoms with Gasteiger partial charge in [-0.2, -0.15) is 0 Å². The Bertz CT molecular complexity index is 1120. The van der Waals surface area contributed by atoms with Crippen molar-refractivity contribution in [3.8, 4) is 11.3 Å². The van der Waals surface area contributed by atoms with Gasteiger partial charge in [0.1, 0.15) is 11.5 Å². The van der Waals surface area contributed by atoms with Crippen molar-refractivity contribution in [1.29, 1.82) is 0 Å². The Hall–Kier alpha value is -3.41. The molecule has 0 fully saturated rings. The van der Waals surface area contributed by atoms with Gasteiger partial charge in [-0.15, -0.1) is 5.10 Å². The molecule has 2 aromatic heterocycles. The highest BCUT2D eigenvalue weighted by atomic mass is 19.1. The van der Waals surface area contributed by atoms with E-state index in [9.17, 15) is 4.39 Å². The molecule has 0 aliphatic carbocycles. The molecule has 4 aromatic rings. The maximum atomic E-state index is 14.5. The highest BCUT2D eigenvalue weighted by molar-refractivity contribution is 5.90. The molecule has 0 saturated carbocycles. The van der Waals surface area contributed by atoms with E-state index in [1.165, 1.54) is 6.07 Å². The van der Waals surface area contributed by atoms with Crippen molar-refractivity contribution in [2.75, 3.05) is 11.1 Å². The Morgan fingerprint density at radius 1 is 1.00 bits per heavy atom. The normalized spacial score (nSPS) is 15.5. The molecule has 3 heterocycles. The van der Waals surface area contributed by atoms with Gasteiger partial charge in [0.25, 0.3) is 0 Å². The smallest absolute Gasteiger partial charge is 0.238 e. The molecule has 122 valence electrons. The van der Waals surface area contributed by atoms with E-state index in [4.69, 9.17) is 5.73 Å². The summed E-state index contributed by atoms with van der Waals surface area (Å²) in [6, 6.07) is 16.2. The van der Waals surface area contributed by atoms with Crippen LogP contribution >= 0.6 is 0 Å². The number of benzene rings is 2. The van der Waals surface area contributed by atoms with E-state index in [0.717, 1.165) is 28.0 Å². The van der Waals surface area contributed by atoms with Crippen LogP contribution in [0.2, 0.25) is 0 Å². The molecule has 3 N–H and O–H groups in total. The van der Waals surface area contributed by atoms with Crippen LogP contribution in [0, 0.1) is 5.82 Å². The number of para-hydroxylation sites is 1. The van der Waals surface area contributed by atoms with E-state index >= 15 is 0 Å². The fraction of sp³-hybridized carbons (Fsp3) is 0.0526. The monoisotopic (exact) mass is 331 g/mol. The van der Waals surface area contributed by atoms with Crippen molar-refractivity contribution in [3.05, 3.63) is 77.7 Å². The summed E-state index contributed by atoms with van der Waals surface area (Å²) in [5, 5.41) is 7.73. The van der Waals surface area contributed by atoms with Crippen LogP contribution in [-0.4, -0.2) is 14.6 Å². The minimum atomic E-state index is -0.346. The molecular weight excluding hydrogens is 317 g/mol. The number of nitrogens with one attached hydrogen (secondary N) is 1. The van der Waals surface area contributed by atoms with Crippen LogP contribution in [0.4, 0.5) is 16.0 Å². The minimum Gasteiger partial charge on any atom is -0.373 e. The Morgan fingerprint density at radius 3 is 2.68 bits per heavy atom. The third-order valence-corrected chi connectivity index (χ3v) is 4.57. The van der Waals surface area contributed by atoms with E-state index < -0.39 is 0 Å². The predicted octanol–water partition coefficient (Wildman–Crippen LogP) is 3.63. The number of aromatic nitrogens is 3. The SMILES string of the molecule is Nc1nc2c3c(ccn3n1)C(c1ccccc1F)Nc1ccccc1-2. The van der Waals surface area contributed by atoms with Gasteiger partial charge in [0.2, 0.25) is 5.95 Å². The molecule has 5 rings (SSSR count). The molecule has 0 spiro atoms. The molecule has 1 aliphatic heterocycles. The number of halogens is 1. The Kier molecular flexibility index (Phi) is 2.82. The van der Waals surface area contributed by atoms with Gasteiger partial charge in [0.05, 0.1) is 11.6 Å². The first kappa shape index (κ1) is 14.0. The summed E-state index contributed by atoms with van der Waals surface area (Å²) in [5.74, 6) is -0.0551. The number of hydrogen-bond donors (Lipinski definition) is 2. The van der Waals surface area contributed by atoms with Crippen molar-refractivity contribution in [2.45, 2.75) is 6.04 Å². The molecule has 2 aromatic carbocycles. The highest BCUT2D eigenvalue weighted by Crippen LogP contribution is 2.41. The molecule has 1 atom stereocenters. The van der Waals surface area contributed by atoms with Crippen LogP contribution in [0.3, 0.4) is 0 Å². The quantitative estimate of drug-likeness (QED) is 0.559. The third kappa shape index (κ3) is 2.00. The zero-order valence-corrected chi connectivity index (χ0v) is 13.1. The van der Waals surface area contributed by atoms with Crippen LogP contribution in [0.25, 0.3) is 16.8 Å². The Balaban J connectivity index is 1.88. The van der Waals surface area contributed by atoms with Crippen LogP contribution in [-0.2, 0) is 0 Å². The van der Waals surface area contributed by atoms with E-state index in [2.05, 4.69) is 15.4 Å². The second-order valence-electron chi connectivity index (χ2n) is 6.03. The molecule has 1 aliphatic rings. The van der Waals surface area contributed by atoms with E-state index in [-0.39, 0.29) is 17.8 Å². The molecule has 6 heteroatoms. The Labute approximate surface area is 142 Å². The zero-order chi connectivity index (χ0) is 17.0. The summed E-state index contributed by atoms with van der Waals surface area (Å²) in [7, 11) is 0. The van der Waals surface area contributed by atoms with Crippen LogP contribution in [0.1, 0.15) is 17.2 Å². The fourth-order valence-electron chi connectivity index (χ4n) is 3.49. The van der Waals surface area contributed by atoms with Gasteiger partial charge in [-0.05, 0) is 18.2 Å². The lowest BCUT2D eigenvalue weighted by atomic mass is 9.99. The van der Waals surface area contributed by atoms with Gasteiger partial charge in [-0.3, -0.25) is 0 Å². The molecular formula is C19H14FN5. The topological polar surface area (TPSA) is 68.2 Å². The summed E-state index contributed by atoms with van der Waals surface area (Å²) < 4.78 is 16.2. The fourth-order valence-corrected chi connectivity index (χ4v) is 3.49. The first-order valence-corrected chi connectivity index (χ1v) is 7.97. The van der Waals surface area contributed by atoms with Gasteiger partial charge in [0.15, 0.2) is 0 Å². The van der Waals surface area contributed by atoms with Gasteiger partial charge in [0, 0.05) is 28.6 Å². The summed E-state index contributed by atoms with van der Waals surface area (Å²) in [5.41, 5.74) is 10.8. The first-order chi connectivity index (χ1) is 12.2. The van der Waals surface area contributed by atoms with Gasteiger partial charge < -0.3 is 11.1 Å². The summed E-state index contributed by atoms with van der Waals surface area (Å²) >= 11 is 0. The van der Waals surface area contributed by atoms with E-state index in [1.807, 2.05) is 42.6 Å². The van der Waals surface area contributed by atoms with E-state index in [1.54, 1.807) is 16.6 Å².